The van der Waals surface area contributed by atoms with Gasteiger partial charge in [0.1, 0.15) is 11.6 Å². The van der Waals surface area contributed by atoms with Crippen molar-refractivity contribution in [2.75, 3.05) is 0 Å². The molecule has 1 heterocycles. The molecule has 0 saturated carbocycles. The number of carboxylic acids is 1. The highest BCUT2D eigenvalue weighted by Crippen LogP contribution is 2.16. The normalized spacial score (nSPS) is 14.1. The first-order chi connectivity index (χ1) is 14.4. The van der Waals surface area contributed by atoms with Gasteiger partial charge in [-0.05, 0) is 23.6 Å². The van der Waals surface area contributed by atoms with E-state index in [0.717, 1.165) is 10.2 Å². The summed E-state index contributed by atoms with van der Waals surface area (Å²) < 4.78 is 1.02. The van der Waals surface area contributed by atoms with Gasteiger partial charge >= 0.3 is 0 Å². The zero-order chi connectivity index (χ0) is 21.7. The Morgan fingerprint density at radius 3 is 2.43 bits per heavy atom. The number of carbonyl (C=O) groups is 2. The summed E-state index contributed by atoms with van der Waals surface area (Å²) in [5, 5.41) is 22.5. The maximum absolute atomic E-state index is 13.1. The summed E-state index contributed by atoms with van der Waals surface area (Å²) in [5.41, 5.74) is 0.753. The summed E-state index contributed by atoms with van der Waals surface area (Å²) in [6, 6.07) is 13.6. The van der Waals surface area contributed by atoms with Gasteiger partial charge in [0.15, 0.2) is 0 Å². The quantitative estimate of drug-likeness (QED) is 0.592. The van der Waals surface area contributed by atoms with E-state index in [-0.39, 0.29) is 12.3 Å². The van der Waals surface area contributed by atoms with Crippen LogP contribution in [0.4, 0.5) is 0 Å². The molecule has 0 aliphatic rings. The molecule has 156 valence electrons. The number of fused-ring (bicyclic) bond motifs is 1. The Balaban J connectivity index is 2.03. The Morgan fingerprint density at radius 2 is 1.77 bits per heavy atom. The fourth-order valence-electron chi connectivity index (χ4n) is 3.25. The standard InChI is InChI=1S/C22H24N4O4/c1-3-14(2)19(22(29)30)23-20(27)18(13-15-9-5-4-6-10-15)26-21(28)16-11-7-8-12-17(16)24-25-26/h4-12,14,18-19H,3,13H2,1-2H3,(H,23,27)(H,29,30)/p-1/t14-,18+,19+/m1/s1. The van der Waals surface area contributed by atoms with Gasteiger partial charge in [0, 0.05) is 6.42 Å². The molecule has 0 spiro atoms. The molecule has 0 aliphatic carbocycles. The molecule has 0 fully saturated rings. The van der Waals surface area contributed by atoms with Crippen molar-refractivity contribution >= 4 is 22.8 Å². The predicted octanol–water partition coefficient (Wildman–Crippen LogP) is 0.856. The fraction of sp³-hybridized carbons (Fsp3) is 0.318. The van der Waals surface area contributed by atoms with Gasteiger partial charge in [-0.25, -0.2) is 0 Å². The molecule has 0 bridgehead atoms. The van der Waals surface area contributed by atoms with Crippen molar-refractivity contribution in [3.8, 4) is 0 Å². The third-order valence-electron chi connectivity index (χ3n) is 5.23. The van der Waals surface area contributed by atoms with Crippen molar-refractivity contribution in [1.82, 2.24) is 20.3 Å². The second-order valence-corrected chi connectivity index (χ2v) is 7.25. The first-order valence-corrected chi connectivity index (χ1v) is 9.81. The number of benzene rings is 2. The minimum absolute atomic E-state index is 0.153. The van der Waals surface area contributed by atoms with E-state index in [4.69, 9.17) is 0 Å². The lowest BCUT2D eigenvalue weighted by Crippen LogP contribution is -2.53. The summed E-state index contributed by atoms with van der Waals surface area (Å²) in [7, 11) is 0. The number of hydrogen-bond acceptors (Lipinski definition) is 6. The fourth-order valence-corrected chi connectivity index (χ4v) is 3.25. The van der Waals surface area contributed by atoms with Gasteiger partial charge in [-0.15, -0.1) is 5.10 Å². The molecule has 8 heteroatoms. The minimum Gasteiger partial charge on any atom is -0.548 e. The van der Waals surface area contributed by atoms with Crippen LogP contribution in [0.3, 0.4) is 0 Å². The van der Waals surface area contributed by atoms with Crippen LogP contribution < -0.4 is 16.0 Å². The van der Waals surface area contributed by atoms with E-state index in [1.54, 1.807) is 31.2 Å². The van der Waals surface area contributed by atoms with Crippen molar-refractivity contribution in [3.05, 3.63) is 70.5 Å². The Morgan fingerprint density at radius 1 is 1.10 bits per heavy atom. The van der Waals surface area contributed by atoms with Crippen LogP contribution in [0.2, 0.25) is 0 Å². The Hall–Kier alpha value is -3.55. The number of nitrogens with one attached hydrogen (secondary N) is 1. The number of hydrogen-bond donors (Lipinski definition) is 1. The number of rotatable bonds is 8. The molecule has 0 radical (unpaired) electrons. The zero-order valence-corrected chi connectivity index (χ0v) is 16.8. The molecule has 3 rings (SSSR count). The number of amides is 1. The van der Waals surface area contributed by atoms with E-state index in [1.165, 1.54) is 0 Å². The zero-order valence-electron chi connectivity index (χ0n) is 16.8. The van der Waals surface area contributed by atoms with E-state index in [1.807, 2.05) is 37.3 Å². The van der Waals surface area contributed by atoms with E-state index in [0.29, 0.717) is 17.3 Å². The summed E-state index contributed by atoms with van der Waals surface area (Å²) >= 11 is 0. The maximum Gasteiger partial charge on any atom is 0.278 e. The van der Waals surface area contributed by atoms with Crippen molar-refractivity contribution in [2.24, 2.45) is 5.92 Å². The monoisotopic (exact) mass is 407 g/mol. The number of nitrogens with zero attached hydrogens (tertiary/aromatic N) is 3. The van der Waals surface area contributed by atoms with Crippen molar-refractivity contribution in [2.45, 2.75) is 38.8 Å². The second-order valence-electron chi connectivity index (χ2n) is 7.25. The molecule has 1 N–H and O–H groups in total. The lowest BCUT2D eigenvalue weighted by atomic mass is 9.98. The molecule has 0 unspecified atom stereocenters. The van der Waals surface area contributed by atoms with Gasteiger partial charge in [0.25, 0.3) is 5.56 Å². The highest BCUT2D eigenvalue weighted by atomic mass is 16.4. The highest BCUT2D eigenvalue weighted by molar-refractivity contribution is 5.86. The van der Waals surface area contributed by atoms with Crippen molar-refractivity contribution < 1.29 is 14.7 Å². The van der Waals surface area contributed by atoms with Crippen LogP contribution in [0.1, 0.15) is 31.9 Å². The average Bonchev–Trinajstić information content (AvgIpc) is 2.76. The Kier molecular flexibility index (Phi) is 6.56. The first kappa shape index (κ1) is 21.2. The van der Waals surface area contributed by atoms with E-state index in [2.05, 4.69) is 15.6 Å². The van der Waals surface area contributed by atoms with E-state index in [9.17, 15) is 19.5 Å². The van der Waals surface area contributed by atoms with Crippen molar-refractivity contribution in [1.29, 1.82) is 0 Å². The maximum atomic E-state index is 13.1. The van der Waals surface area contributed by atoms with Gasteiger partial charge in [-0.2, -0.15) is 4.68 Å². The van der Waals surface area contributed by atoms with Crippen LogP contribution in [-0.2, 0) is 16.0 Å². The third kappa shape index (κ3) is 4.53. The largest absolute Gasteiger partial charge is 0.548 e. The second kappa shape index (κ2) is 9.30. The molecule has 1 amide bonds. The molecule has 8 nitrogen and oxygen atoms in total. The van der Waals surface area contributed by atoms with Crippen LogP contribution in [-0.4, -0.2) is 32.9 Å². The molecule has 3 atom stereocenters. The molecule has 30 heavy (non-hydrogen) atoms. The number of aliphatic carboxylic acids is 1. The lowest BCUT2D eigenvalue weighted by molar-refractivity contribution is -0.309. The van der Waals surface area contributed by atoms with Crippen LogP contribution in [0.5, 0.6) is 0 Å². The molecule has 2 aromatic carbocycles. The summed E-state index contributed by atoms with van der Waals surface area (Å²) in [6.45, 7) is 3.54. The van der Waals surface area contributed by atoms with Crippen LogP contribution in [0, 0.1) is 5.92 Å². The number of carboxylic acid groups (broad SMARTS) is 1. The van der Waals surface area contributed by atoms with Crippen molar-refractivity contribution in [3.63, 3.8) is 0 Å². The van der Waals surface area contributed by atoms with Crippen LogP contribution >= 0.6 is 0 Å². The van der Waals surface area contributed by atoms with Crippen LogP contribution in [0.25, 0.3) is 10.9 Å². The topological polar surface area (TPSA) is 117 Å². The molecule has 0 saturated heterocycles. The SMILES string of the molecule is CC[C@@H](C)[C@H](NC(=O)[C@H](Cc1ccccc1)n1nnc2ccccc2c1=O)C(=O)[O-]. The van der Waals surface area contributed by atoms with Crippen LogP contribution in [0.15, 0.2) is 59.4 Å². The van der Waals surface area contributed by atoms with E-state index < -0.39 is 29.5 Å². The number of carbonyl (C=O) groups excluding carboxylic acids is 2. The molecule has 1 aromatic heterocycles. The van der Waals surface area contributed by atoms with Gasteiger partial charge in [-0.3, -0.25) is 9.59 Å². The Bertz CT molecular complexity index is 1100. The summed E-state index contributed by atoms with van der Waals surface area (Å²) in [5.74, 6) is -2.33. The van der Waals surface area contributed by atoms with Gasteiger partial charge < -0.3 is 15.2 Å². The summed E-state index contributed by atoms with van der Waals surface area (Å²) in [6.07, 6.45) is 0.692. The predicted molar refractivity (Wildman–Crippen MR) is 109 cm³/mol. The Labute approximate surface area is 173 Å². The molecular weight excluding hydrogens is 384 g/mol. The number of aromatic nitrogens is 3. The van der Waals surface area contributed by atoms with Gasteiger partial charge in [-0.1, -0.05) is 67.9 Å². The molecule has 3 aromatic rings. The molecular formula is C22H23N4O4-. The first-order valence-electron chi connectivity index (χ1n) is 9.81. The smallest absolute Gasteiger partial charge is 0.278 e. The van der Waals surface area contributed by atoms with Gasteiger partial charge in [0.2, 0.25) is 5.91 Å². The minimum atomic E-state index is -1.37. The average molecular weight is 407 g/mol. The van der Waals surface area contributed by atoms with Gasteiger partial charge in [0.05, 0.1) is 17.4 Å². The summed E-state index contributed by atoms with van der Waals surface area (Å²) in [4.78, 5) is 37.7. The lowest BCUT2D eigenvalue weighted by Gasteiger charge is -2.27. The third-order valence-corrected chi connectivity index (χ3v) is 5.23. The van der Waals surface area contributed by atoms with E-state index >= 15 is 0 Å². The molecule has 0 aliphatic heterocycles. The highest BCUT2D eigenvalue weighted by Gasteiger charge is 2.28.